The van der Waals surface area contributed by atoms with Crippen LogP contribution >= 0.6 is 11.8 Å². The van der Waals surface area contributed by atoms with Crippen molar-refractivity contribution in [3.63, 3.8) is 0 Å². The largest absolute Gasteiger partial charge is 0.311 e. The standard InChI is InChI=1S/C71H52BNS/c1-70(2,3)54-37-32-49(33-38-54)51-34-39-64(59(42-51)50-24-12-6-13-25-50)73-65-40-35-52(47-20-8-4-9-21-47)43-62(65)72-63-44-53(48-22-10-5-11-23-48)36-41-67(63)74-68-46-56(45-66(73)69(68)72)71(55-26-14-7-15-27-55)60-30-18-16-28-57(60)58-29-17-19-31-61(58)71/h4-46H,1-3H3. The van der Waals surface area contributed by atoms with Crippen LogP contribution in [-0.4, -0.2) is 6.71 Å². The summed E-state index contributed by atoms with van der Waals surface area (Å²) in [6.45, 7) is 6.81. The second-order valence-electron chi connectivity index (χ2n) is 21.2. The number of hydrogen-bond acceptors (Lipinski definition) is 2. The quantitative estimate of drug-likeness (QED) is 0.146. The third-order valence-electron chi connectivity index (χ3n) is 16.0. The average Bonchev–Trinajstić information content (AvgIpc) is 3.89. The minimum Gasteiger partial charge on any atom is -0.311 e. The van der Waals surface area contributed by atoms with Gasteiger partial charge < -0.3 is 4.90 Å². The van der Waals surface area contributed by atoms with Gasteiger partial charge in [0.05, 0.1) is 11.1 Å². The summed E-state index contributed by atoms with van der Waals surface area (Å²) in [5.41, 5.74) is 25.7. The Hall–Kier alpha value is -8.37. The van der Waals surface area contributed by atoms with E-state index in [0.717, 1.165) is 5.69 Å². The highest BCUT2D eigenvalue weighted by Gasteiger charge is 2.49. The van der Waals surface area contributed by atoms with Crippen LogP contribution < -0.4 is 21.3 Å². The summed E-state index contributed by atoms with van der Waals surface area (Å²) < 4.78 is 0. The Kier molecular flexibility index (Phi) is 10.4. The Bertz CT molecular complexity index is 3910. The number of hydrogen-bond donors (Lipinski definition) is 0. The molecule has 0 radical (unpaired) electrons. The molecule has 0 N–H and O–H groups in total. The van der Waals surface area contributed by atoms with Gasteiger partial charge in [0.25, 0.3) is 0 Å². The predicted molar refractivity (Wildman–Crippen MR) is 314 cm³/mol. The second-order valence-corrected chi connectivity index (χ2v) is 22.3. The van der Waals surface area contributed by atoms with E-state index >= 15 is 0 Å². The molecule has 1 aliphatic carbocycles. The van der Waals surface area contributed by atoms with Crippen LogP contribution in [0.25, 0.3) is 55.6 Å². The number of nitrogens with zero attached hydrogens (tertiary/aromatic N) is 1. The number of fused-ring (bicyclic) bond motifs is 7. The minimum atomic E-state index is -0.595. The molecular weight excluding hydrogens is 910 g/mol. The van der Waals surface area contributed by atoms with E-state index in [-0.39, 0.29) is 12.1 Å². The third kappa shape index (κ3) is 7.02. The highest BCUT2D eigenvalue weighted by Crippen LogP contribution is 2.58. The molecule has 0 fully saturated rings. The molecule has 0 aromatic heterocycles. The molecule has 0 spiro atoms. The topological polar surface area (TPSA) is 3.24 Å². The van der Waals surface area contributed by atoms with Crippen molar-refractivity contribution < 1.29 is 0 Å². The van der Waals surface area contributed by atoms with Crippen molar-refractivity contribution in [2.24, 2.45) is 0 Å². The highest BCUT2D eigenvalue weighted by atomic mass is 32.2. The molecular formula is C71H52BNS. The first-order chi connectivity index (χ1) is 36.3. The number of anilines is 3. The molecule has 0 bridgehead atoms. The van der Waals surface area contributed by atoms with Crippen LogP contribution in [0.5, 0.6) is 0 Å². The number of rotatable bonds is 7. The summed E-state index contributed by atoms with van der Waals surface area (Å²) in [5.74, 6) is 0. The van der Waals surface area contributed by atoms with Crippen LogP contribution in [-0.2, 0) is 10.8 Å². The van der Waals surface area contributed by atoms with Gasteiger partial charge in [0.1, 0.15) is 0 Å². The molecule has 11 aromatic carbocycles. The Morgan fingerprint density at radius 3 is 1.45 bits per heavy atom. The Morgan fingerprint density at radius 1 is 0.351 bits per heavy atom. The third-order valence-corrected chi connectivity index (χ3v) is 17.1. The van der Waals surface area contributed by atoms with E-state index in [1.807, 2.05) is 11.8 Å². The Labute approximate surface area is 440 Å². The number of benzene rings is 11. The molecule has 74 heavy (non-hydrogen) atoms. The van der Waals surface area contributed by atoms with Crippen molar-refractivity contribution in [1.29, 1.82) is 0 Å². The first-order valence-electron chi connectivity index (χ1n) is 25.9. The van der Waals surface area contributed by atoms with Crippen molar-refractivity contribution in [3.8, 4) is 55.6 Å². The fraction of sp³-hybridized carbons (Fsp3) is 0.0704. The van der Waals surface area contributed by atoms with E-state index in [1.165, 1.54) is 121 Å². The molecule has 2 heterocycles. The summed E-state index contributed by atoms with van der Waals surface area (Å²) in [7, 11) is 0. The van der Waals surface area contributed by atoms with Gasteiger partial charge in [-0.1, -0.05) is 262 Å². The second kappa shape index (κ2) is 17.4. The lowest BCUT2D eigenvalue weighted by Gasteiger charge is -2.43. The van der Waals surface area contributed by atoms with Crippen LogP contribution in [0.3, 0.4) is 0 Å². The van der Waals surface area contributed by atoms with Crippen molar-refractivity contribution in [3.05, 3.63) is 289 Å². The van der Waals surface area contributed by atoms with E-state index in [0.29, 0.717) is 0 Å². The first kappa shape index (κ1) is 44.3. The van der Waals surface area contributed by atoms with Gasteiger partial charge in [-0.25, -0.2) is 0 Å². The van der Waals surface area contributed by atoms with E-state index in [2.05, 4.69) is 287 Å². The van der Waals surface area contributed by atoms with Gasteiger partial charge in [0.2, 0.25) is 6.71 Å². The lowest BCUT2D eigenvalue weighted by Crippen LogP contribution is -2.60. The zero-order valence-corrected chi connectivity index (χ0v) is 42.6. The summed E-state index contributed by atoms with van der Waals surface area (Å²) >= 11 is 1.93. The highest BCUT2D eigenvalue weighted by molar-refractivity contribution is 8.00. The zero-order valence-electron chi connectivity index (χ0n) is 41.8. The van der Waals surface area contributed by atoms with Crippen molar-refractivity contribution in [2.45, 2.75) is 41.4 Å². The fourth-order valence-corrected chi connectivity index (χ4v) is 13.7. The van der Waals surface area contributed by atoms with Gasteiger partial charge in [0.15, 0.2) is 0 Å². The lowest BCUT2D eigenvalue weighted by molar-refractivity contribution is 0.590. The molecule has 350 valence electrons. The fourth-order valence-electron chi connectivity index (χ4n) is 12.5. The van der Waals surface area contributed by atoms with Crippen LogP contribution in [0.1, 0.15) is 48.6 Å². The van der Waals surface area contributed by atoms with E-state index < -0.39 is 5.41 Å². The molecule has 0 amide bonds. The SMILES string of the molecule is CC(C)(C)c1ccc(-c2ccc(N3c4ccc(-c5ccccc5)cc4B4c5cc(-c6ccccc6)ccc5Sc5cc(C6(c7ccccc7)c7ccccc7-c7ccccc76)cc3c54)c(-c3ccccc3)c2)cc1. The van der Waals surface area contributed by atoms with E-state index in [9.17, 15) is 0 Å². The normalized spacial score (nSPS) is 13.6. The summed E-state index contributed by atoms with van der Waals surface area (Å²) in [5, 5.41) is 0. The predicted octanol–water partition coefficient (Wildman–Crippen LogP) is 16.8. The molecule has 14 rings (SSSR count). The van der Waals surface area contributed by atoms with Crippen molar-refractivity contribution >= 4 is 51.9 Å². The van der Waals surface area contributed by atoms with E-state index in [1.54, 1.807) is 0 Å². The molecule has 1 nitrogen and oxygen atoms in total. The van der Waals surface area contributed by atoms with Crippen LogP contribution in [0.4, 0.5) is 17.1 Å². The average molecular weight is 962 g/mol. The van der Waals surface area contributed by atoms with Crippen LogP contribution in [0.2, 0.25) is 0 Å². The summed E-state index contributed by atoms with van der Waals surface area (Å²) in [4.78, 5) is 5.22. The van der Waals surface area contributed by atoms with Gasteiger partial charge in [0, 0.05) is 26.7 Å². The van der Waals surface area contributed by atoms with E-state index in [4.69, 9.17) is 0 Å². The Balaban J connectivity index is 1.09. The van der Waals surface area contributed by atoms with Crippen LogP contribution in [0.15, 0.2) is 271 Å². The van der Waals surface area contributed by atoms with Gasteiger partial charge in [-0.3, -0.25) is 0 Å². The summed E-state index contributed by atoms with van der Waals surface area (Å²) in [6.07, 6.45) is 0. The molecule has 2 aliphatic heterocycles. The van der Waals surface area contributed by atoms with Gasteiger partial charge in [-0.2, -0.15) is 0 Å². The van der Waals surface area contributed by atoms with Gasteiger partial charge in [-0.15, -0.1) is 0 Å². The maximum atomic E-state index is 2.63. The van der Waals surface area contributed by atoms with Crippen LogP contribution in [0, 0.1) is 0 Å². The molecule has 0 unspecified atom stereocenters. The summed E-state index contributed by atoms with van der Waals surface area (Å²) in [6, 6.07) is 98.3. The monoisotopic (exact) mass is 961 g/mol. The molecule has 3 heteroatoms. The molecule has 3 aliphatic rings. The maximum absolute atomic E-state index is 2.63. The molecule has 0 saturated carbocycles. The maximum Gasteiger partial charge on any atom is 0.249 e. The molecule has 0 atom stereocenters. The van der Waals surface area contributed by atoms with Gasteiger partial charge >= 0.3 is 0 Å². The lowest BCUT2D eigenvalue weighted by atomic mass is 9.34. The van der Waals surface area contributed by atoms with Crippen molar-refractivity contribution in [2.75, 3.05) is 4.90 Å². The molecule has 11 aromatic rings. The smallest absolute Gasteiger partial charge is 0.249 e. The van der Waals surface area contributed by atoms with Crippen molar-refractivity contribution in [1.82, 2.24) is 0 Å². The minimum absolute atomic E-state index is 0.0412. The zero-order chi connectivity index (χ0) is 49.5. The van der Waals surface area contributed by atoms with Gasteiger partial charge in [-0.05, 0) is 131 Å². The first-order valence-corrected chi connectivity index (χ1v) is 26.7. The molecule has 0 saturated heterocycles. The Morgan fingerprint density at radius 2 is 0.838 bits per heavy atom.